The molecule has 0 atom stereocenters. The van der Waals surface area contributed by atoms with Gasteiger partial charge in [-0.15, -0.1) is 0 Å². The first-order chi connectivity index (χ1) is 21.8. The molecule has 1 saturated heterocycles. The zero-order valence-corrected chi connectivity index (χ0v) is 24.4. The summed E-state index contributed by atoms with van der Waals surface area (Å²) in [6.07, 6.45) is 2.24. The molecule has 2 aromatic heterocycles. The van der Waals surface area contributed by atoms with E-state index >= 15 is 0 Å². The number of hydrogen-bond acceptors (Lipinski definition) is 5. The molecule has 0 radical (unpaired) electrons. The zero-order chi connectivity index (χ0) is 29.0. The summed E-state index contributed by atoms with van der Waals surface area (Å²) in [5.41, 5.74) is 6.40. The van der Waals surface area contributed by atoms with Gasteiger partial charge in [0, 0.05) is 42.5 Å². The van der Waals surface area contributed by atoms with E-state index < -0.39 is 0 Å². The number of fused-ring (bicyclic) bond motifs is 6. The van der Waals surface area contributed by atoms with Crippen LogP contribution in [0, 0.1) is 0 Å². The third-order valence-corrected chi connectivity index (χ3v) is 9.17. The summed E-state index contributed by atoms with van der Waals surface area (Å²) in [5, 5.41) is 7.15. The molecule has 7 aromatic rings. The molecule has 2 aliphatic heterocycles. The van der Waals surface area contributed by atoms with Crippen LogP contribution in [0.4, 0.5) is 5.82 Å². The van der Waals surface area contributed by atoms with E-state index in [1.165, 1.54) is 32.7 Å². The van der Waals surface area contributed by atoms with Gasteiger partial charge in [-0.05, 0) is 81.9 Å². The van der Waals surface area contributed by atoms with Crippen LogP contribution in [0.15, 0.2) is 120 Å². The van der Waals surface area contributed by atoms with Crippen LogP contribution in [0.2, 0.25) is 0 Å². The lowest BCUT2D eigenvalue weighted by Gasteiger charge is -2.40. The van der Waals surface area contributed by atoms with Crippen molar-refractivity contribution < 1.29 is 0 Å². The number of nitrogens with zero attached hydrogens (tertiary/aromatic N) is 5. The van der Waals surface area contributed by atoms with Crippen molar-refractivity contribution in [2.24, 2.45) is 4.99 Å². The third-order valence-electron chi connectivity index (χ3n) is 9.17. The molecule has 0 saturated carbocycles. The predicted molar refractivity (Wildman–Crippen MR) is 183 cm³/mol. The zero-order valence-electron chi connectivity index (χ0n) is 24.4. The minimum atomic E-state index is 0.889. The van der Waals surface area contributed by atoms with E-state index in [4.69, 9.17) is 15.0 Å². The van der Waals surface area contributed by atoms with Crippen LogP contribution in [-0.2, 0) is 0 Å². The third kappa shape index (κ3) is 4.27. The fourth-order valence-corrected chi connectivity index (χ4v) is 6.87. The molecule has 0 unspecified atom stereocenters. The molecule has 5 aromatic carbocycles. The molecule has 2 aliphatic rings. The van der Waals surface area contributed by atoms with Crippen molar-refractivity contribution in [2.45, 2.75) is 12.8 Å². The van der Waals surface area contributed by atoms with Gasteiger partial charge in [0.15, 0.2) is 0 Å². The molecule has 1 fully saturated rings. The SMILES string of the molecule is c1ccc2cc(-c3ccc4cc(-c5ccc6ccc7ccc(N8CCCN9CCCN=C98)nc7c6n5)ccc4c3)ccc2c1. The van der Waals surface area contributed by atoms with Crippen LogP contribution in [0.25, 0.3) is 65.7 Å². The first-order valence-corrected chi connectivity index (χ1v) is 15.6. The number of aliphatic imine (C=N–C) groups is 1. The molecule has 44 heavy (non-hydrogen) atoms. The maximum absolute atomic E-state index is 5.22. The largest absolute Gasteiger partial charge is 0.342 e. The lowest BCUT2D eigenvalue weighted by molar-refractivity contribution is 0.359. The van der Waals surface area contributed by atoms with Crippen LogP contribution in [0.1, 0.15) is 12.8 Å². The first-order valence-electron chi connectivity index (χ1n) is 15.6. The molecule has 5 nitrogen and oxygen atoms in total. The van der Waals surface area contributed by atoms with E-state index in [0.717, 1.165) is 83.9 Å². The number of rotatable bonds is 3. The lowest BCUT2D eigenvalue weighted by atomic mass is 9.97. The monoisotopic (exact) mass is 569 g/mol. The van der Waals surface area contributed by atoms with Gasteiger partial charge in [-0.25, -0.2) is 9.97 Å². The fourth-order valence-electron chi connectivity index (χ4n) is 6.87. The summed E-state index contributed by atoms with van der Waals surface area (Å²) in [6.45, 7) is 3.98. The van der Waals surface area contributed by atoms with Gasteiger partial charge in [0.25, 0.3) is 0 Å². The molecule has 0 bridgehead atoms. The standard InChI is InChI=1S/C39H31N5/c1-2-6-29-23-30(10-7-26(29)5-1)31-11-12-33-25-34(14-13-32(33)24-31)35-17-15-27-8-9-28-16-18-36(42-38(28)37(27)41-35)44-22-4-21-43-20-3-19-40-39(43)44/h1-2,5-18,23-25H,3-4,19-22H2. The van der Waals surface area contributed by atoms with Crippen molar-refractivity contribution in [2.75, 3.05) is 31.1 Å². The van der Waals surface area contributed by atoms with E-state index in [1.54, 1.807) is 0 Å². The molecule has 0 amide bonds. The van der Waals surface area contributed by atoms with Crippen molar-refractivity contribution in [1.82, 2.24) is 14.9 Å². The van der Waals surface area contributed by atoms with E-state index in [-0.39, 0.29) is 0 Å². The quantitative estimate of drug-likeness (QED) is 0.200. The average Bonchev–Trinajstić information content (AvgIpc) is 3.10. The van der Waals surface area contributed by atoms with Gasteiger partial charge in [-0.2, -0.15) is 0 Å². The highest BCUT2D eigenvalue weighted by atomic mass is 15.4. The molecular formula is C39H31N5. The maximum atomic E-state index is 5.22. The van der Waals surface area contributed by atoms with Gasteiger partial charge < -0.3 is 4.90 Å². The molecular weight excluding hydrogens is 538 g/mol. The van der Waals surface area contributed by atoms with Crippen LogP contribution < -0.4 is 4.90 Å². The summed E-state index contributed by atoms with van der Waals surface area (Å²) >= 11 is 0. The average molecular weight is 570 g/mol. The highest BCUT2D eigenvalue weighted by Crippen LogP contribution is 2.32. The Kier molecular flexibility index (Phi) is 5.83. The number of benzene rings is 5. The molecule has 0 aliphatic carbocycles. The molecule has 0 spiro atoms. The second kappa shape index (κ2) is 10.2. The van der Waals surface area contributed by atoms with E-state index in [9.17, 15) is 0 Å². The Balaban J connectivity index is 1.09. The second-order valence-corrected chi connectivity index (χ2v) is 11.9. The summed E-state index contributed by atoms with van der Waals surface area (Å²) < 4.78 is 0. The molecule has 0 N–H and O–H groups in total. The smallest absolute Gasteiger partial charge is 0.202 e. The van der Waals surface area contributed by atoms with E-state index in [2.05, 4.69) is 125 Å². The van der Waals surface area contributed by atoms with Crippen molar-refractivity contribution >= 4 is 55.1 Å². The van der Waals surface area contributed by atoms with Crippen molar-refractivity contribution in [3.8, 4) is 22.4 Å². The number of guanidine groups is 1. The highest BCUT2D eigenvalue weighted by molar-refractivity contribution is 6.05. The summed E-state index contributed by atoms with van der Waals surface area (Å²) in [6, 6.07) is 41.5. The van der Waals surface area contributed by atoms with Gasteiger partial charge in [-0.3, -0.25) is 9.89 Å². The number of pyridine rings is 2. The lowest BCUT2D eigenvalue weighted by Crippen LogP contribution is -2.52. The Morgan fingerprint density at radius 2 is 1.07 bits per heavy atom. The normalized spacial score (nSPS) is 15.2. The van der Waals surface area contributed by atoms with Crippen molar-refractivity contribution in [3.63, 3.8) is 0 Å². The maximum Gasteiger partial charge on any atom is 0.202 e. The Labute approximate surface area is 256 Å². The van der Waals surface area contributed by atoms with E-state index in [0.29, 0.717) is 0 Å². The minimum Gasteiger partial charge on any atom is -0.342 e. The summed E-state index contributed by atoms with van der Waals surface area (Å²) in [5.74, 6) is 2.03. The Morgan fingerprint density at radius 1 is 0.477 bits per heavy atom. The van der Waals surface area contributed by atoms with Gasteiger partial charge in [0.2, 0.25) is 5.96 Å². The van der Waals surface area contributed by atoms with Crippen LogP contribution in [-0.4, -0.2) is 47.0 Å². The second-order valence-electron chi connectivity index (χ2n) is 11.9. The van der Waals surface area contributed by atoms with Crippen molar-refractivity contribution in [1.29, 1.82) is 0 Å². The number of aromatic nitrogens is 2. The van der Waals surface area contributed by atoms with Gasteiger partial charge in [0.1, 0.15) is 5.82 Å². The van der Waals surface area contributed by atoms with Crippen LogP contribution >= 0.6 is 0 Å². The number of hydrogen-bond donors (Lipinski definition) is 0. The molecule has 5 heteroatoms. The Morgan fingerprint density at radius 3 is 1.89 bits per heavy atom. The van der Waals surface area contributed by atoms with E-state index in [1.807, 2.05) is 0 Å². The fraction of sp³-hybridized carbons (Fsp3) is 0.154. The molecule has 4 heterocycles. The summed E-state index contributed by atoms with van der Waals surface area (Å²) in [4.78, 5) is 20.0. The van der Waals surface area contributed by atoms with Crippen LogP contribution in [0.5, 0.6) is 0 Å². The van der Waals surface area contributed by atoms with Gasteiger partial charge >= 0.3 is 0 Å². The van der Waals surface area contributed by atoms with Gasteiger partial charge in [0.05, 0.1) is 16.7 Å². The molecule has 9 rings (SSSR count). The summed E-state index contributed by atoms with van der Waals surface area (Å²) in [7, 11) is 0. The van der Waals surface area contributed by atoms with Crippen molar-refractivity contribution in [3.05, 3.63) is 115 Å². The first kappa shape index (κ1) is 25.2. The molecule has 212 valence electrons. The van der Waals surface area contributed by atoms with Crippen LogP contribution in [0.3, 0.4) is 0 Å². The highest BCUT2D eigenvalue weighted by Gasteiger charge is 2.27. The Bertz CT molecular complexity index is 2270. The van der Waals surface area contributed by atoms with Gasteiger partial charge in [-0.1, -0.05) is 78.9 Å². The number of anilines is 1. The topological polar surface area (TPSA) is 44.6 Å². The minimum absolute atomic E-state index is 0.889. The Hall–Kier alpha value is -5.29. The predicted octanol–water partition coefficient (Wildman–Crippen LogP) is 8.70.